The summed E-state index contributed by atoms with van der Waals surface area (Å²) in [6.45, 7) is 2.21. The van der Waals surface area contributed by atoms with Crippen LogP contribution in [0.2, 0.25) is 5.02 Å². The lowest BCUT2D eigenvalue weighted by Crippen LogP contribution is -2.33. The van der Waals surface area contributed by atoms with Crippen LogP contribution in [0, 0.1) is 5.92 Å². The summed E-state index contributed by atoms with van der Waals surface area (Å²) in [6.07, 6.45) is 1.89. The second-order valence-electron chi connectivity index (χ2n) is 6.86. The molecular weight excluding hydrogens is 348 g/mol. The highest BCUT2D eigenvalue weighted by atomic mass is 35.5. The summed E-state index contributed by atoms with van der Waals surface area (Å²) in [5, 5.41) is 0.630. The fourth-order valence-electron chi connectivity index (χ4n) is 3.83. The number of nitrogens with zero attached hydrogens (tertiary/aromatic N) is 1. The average Bonchev–Trinajstić information content (AvgIpc) is 3.12. The maximum absolute atomic E-state index is 13.0. The molecule has 0 radical (unpaired) electrons. The van der Waals surface area contributed by atoms with Crippen molar-refractivity contribution in [2.45, 2.75) is 5.92 Å². The molecule has 1 amide bonds. The number of benzene rings is 2. The number of carbonyl (C=O) groups is 1. The smallest absolute Gasteiger partial charge is 0.253 e. The van der Waals surface area contributed by atoms with E-state index in [0.717, 1.165) is 11.3 Å². The first-order chi connectivity index (χ1) is 12.7. The third kappa shape index (κ3) is 3.22. The van der Waals surface area contributed by atoms with Crippen LogP contribution >= 0.6 is 11.6 Å². The molecule has 2 aliphatic heterocycles. The average molecular weight is 369 g/mol. The quantitative estimate of drug-likeness (QED) is 0.904. The molecule has 2 heterocycles. The van der Waals surface area contributed by atoms with E-state index in [1.165, 1.54) is 5.56 Å². The van der Waals surface area contributed by atoms with E-state index in [0.29, 0.717) is 30.2 Å². The van der Waals surface area contributed by atoms with Crippen LogP contribution in [-0.4, -0.2) is 37.0 Å². The molecule has 2 atom stereocenters. The van der Waals surface area contributed by atoms with E-state index >= 15 is 0 Å². The number of hydrogen-bond acceptors (Lipinski definition) is 3. The highest BCUT2D eigenvalue weighted by molar-refractivity contribution is 6.30. The third-order valence-electron chi connectivity index (χ3n) is 5.22. The number of amides is 1. The Morgan fingerprint density at radius 2 is 2.00 bits per heavy atom. The molecule has 26 heavy (non-hydrogen) atoms. The molecule has 0 saturated carbocycles. The van der Waals surface area contributed by atoms with E-state index in [4.69, 9.17) is 22.1 Å². The molecule has 4 rings (SSSR count). The molecule has 5 heteroatoms. The standard InChI is InChI=1S/C21H21ClN2O2/c22-18-6-7-20-15(9-18)8-16(13-26-20)21(25)24-11-17(10-23)19(12-24)14-4-2-1-3-5-14/h1-9,17,19H,10-13,23H2/t17-,19+/m1/s1. The van der Waals surface area contributed by atoms with Crippen LogP contribution in [0.25, 0.3) is 6.08 Å². The number of ether oxygens (including phenoxy) is 1. The number of likely N-dealkylation sites (tertiary alicyclic amines) is 1. The van der Waals surface area contributed by atoms with Gasteiger partial charge in [-0.15, -0.1) is 0 Å². The molecule has 0 spiro atoms. The van der Waals surface area contributed by atoms with Crippen molar-refractivity contribution in [2.24, 2.45) is 11.7 Å². The molecule has 1 saturated heterocycles. The Labute approximate surface area is 158 Å². The van der Waals surface area contributed by atoms with Crippen LogP contribution in [0.1, 0.15) is 17.0 Å². The Kier molecular flexibility index (Phi) is 4.70. The van der Waals surface area contributed by atoms with Crippen molar-refractivity contribution in [2.75, 3.05) is 26.2 Å². The maximum atomic E-state index is 13.0. The second-order valence-corrected chi connectivity index (χ2v) is 7.30. The van der Waals surface area contributed by atoms with Crippen LogP contribution in [0.5, 0.6) is 5.75 Å². The lowest BCUT2D eigenvalue weighted by Gasteiger charge is -2.22. The van der Waals surface area contributed by atoms with Crippen LogP contribution in [0.4, 0.5) is 0 Å². The summed E-state index contributed by atoms with van der Waals surface area (Å²) in [5.74, 6) is 1.33. The fraction of sp³-hybridized carbons (Fsp3) is 0.286. The predicted octanol–water partition coefficient (Wildman–Crippen LogP) is 3.32. The van der Waals surface area contributed by atoms with Gasteiger partial charge in [0.25, 0.3) is 5.91 Å². The molecule has 134 valence electrons. The Morgan fingerprint density at radius 3 is 2.77 bits per heavy atom. The van der Waals surface area contributed by atoms with Gasteiger partial charge in [0.1, 0.15) is 12.4 Å². The number of hydrogen-bond donors (Lipinski definition) is 1. The summed E-state index contributed by atoms with van der Waals surface area (Å²) in [5.41, 5.74) is 8.74. The minimum Gasteiger partial charge on any atom is -0.488 e. The van der Waals surface area contributed by atoms with Crippen molar-refractivity contribution in [3.05, 3.63) is 70.3 Å². The molecule has 2 aromatic rings. The Morgan fingerprint density at radius 1 is 1.19 bits per heavy atom. The second kappa shape index (κ2) is 7.14. The number of halogens is 1. The van der Waals surface area contributed by atoms with Crippen LogP contribution < -0.4 is 10.5 Å². The zero-order valence-corrected chi connectivity index (χ0v) is 15.2. The molecule has 0 bridgehead atoms. The van der Waals surface area contributed by atoms with Crippen molar-refractivity contribution in [3.63, 3.8) is 0 Å². The van der Waals surface area contributed by atoms with Gasteiger partial charge in [0, 0.05) is 29.6 Å². The number of carbonyl (C=O) groups excluding carboxylic acids is 1. The molecular formula is C21H21ClN2O2. The highest BCUT2D eigenvalue weighted by Gasteiger charge is 2.36. The molecule has 2 aliphatic rings. The summed E-state index contributed by atoms with van der Waals surface area (Å²) in [4.78, 5) is 14.9. The maximum Gasteiger partial charge on any atom is 0.253 e. The highest BCUT2D eigenvalue weighted by Crippen LogP contribution is 2.34. The van der Waals surface area contributed by atoms with Crippen molar-refractivity contribution >= 4 is 23.6 Å². The van der Waals surface area contributed by atoms with Crippen LogP contribution in [-0.2, 0) is 4.79 Å². The monoisotopic (exact) mass is 368 g/mol. The van der Waals surface area contributed by atoms with E-state index in [2.05, 4.69) is 12.1 Å². The number of rotatable bonds is 3. The van der Waals surface area contributed by atoms with E-state index in [1.807, 2.05) is 41.3 Å². The zero-order valence-electron chi connectivity index (χ0n) is 14.4. The lowest BCUT2D eigenvalue weighted by atomic mass is 9.89. The van der Waals surface area contributed by atoms with E-state index in [1.54, 1.807) is 6.07 Å². The van der Waals surface area contributed by atoms with Crippen molar-refractivity contribution in [1.29, 1.82) is 0 Å². The van der Waals surface area contributed by atoms with Gasteiger partial charge in [0.15, 0.2) is 0 Å². The van der Waals surface area contributed by atoms with Crippen molar-refractivity contribution in [3.8, 4) is 5.75 Å². The topological polar surface area (TPSA) is 55.6 Å². The third-order valence-corrected chi connectivity index (χ3v) is 5.45. The molecule has 2 N–H and O–H groups in total. The largest absolute Gasteiger partial charge is 0.488 e. The van der Waals surface area contributed by atoms with Crippen molar-refractivity contribution in [1.82, 2.24) is 4.90 Å². The summed E-state index contributed by atoms with van der Waals surface area (Å²) in [7, 11) is 0. The zero-order chi connectivity index (χ0) is 18.1. The summed E-state index contributed by atoms with van der Waals surface area (Å²) >= 11 is 6.06. The van der Waals surface area contributed by atoms with Gasteiger partial charge in [-0.1, -0.05) is 41.9 Å². The molecule has 0 aliphatic carbocycles. The van der Waals surface area contributed by atoms with Gasteiger partial charge in [-0.3, -0.25) is 4.79 Å². The number of fused-ring (bicyclic) bond motifs is 1. The molecule has 4 nitrogen and oxygen atoms in total. The van der Waals surface area contributed by atoms with Gasteiger partial charge < -0.3 is 15.4 Å². The first-order valence-corrected chi connectivity index (χ1v) is 9.20. The summed E-state index contributed by atoms with van der Waals surface area (Å²) < 4.78 is 5.74. The Balaban J connectivity index is 1.56. The number of nitrogens with two attached hydrogens (primary N) is 1. The molecule has 0 unspecified atom stereocenters. The summed E-state index contributed by atoms with van der Waals surface area (Å²) in [6, 6.07) is 15.7. The van der Waals surface area contributed by atoms with E-state index < -0.39 is 0 Å². The predicted molar refractivity (Wildman–Crippen MR) is 103 cm³/mol. The van der Waals surface area contributed by atoms with E-state index in [-0.39, 0.29) is 24.3 Å². The Hall–Kier alpha value is -2.30. The van der Waals surface area contributed by atoms with Crippen LogP contribution in [0.15, 0.2) is 54.1 Å². The van der Waals surface area contributed by atoms with Gasteiger partial charge >= 0.3 is 0 Å². The van der Waals surface area contributed by atoms with Crippen molar-refractivity contribution < 1.29 is 9.53 Å². The lowest BCUT2D eigenvalue weighted by molar-refractivity contribution is -0.126. The SMILES string of the molecule is NC[C@@H]1CN(C(=O)C2=Cc3cc(Cl)ccc3OC2)C[C@H]1c1ccccc1. The molecule has 2 aromatic carbocycles. The molecule has 0 aromatic heterocycles. The van der Waals surface area contributed by atoms with Crippen LogP contribution in [0.3, 0.4) is 0 Å². The van der Waals surface area contributed by atoms with Gasteiger partial charge in [-0.25, -0.2) is 0 Å². The van der Waals surface area contributed by atoms with Gasteiger partial charge in [0.2, 0.25) is 0 Å². The normalized spacial score (nSPS) is 21.8. The van der Waals surface area contributed by atoms with Gasteiger partial charge in [-0.2, -0.15) is 0 Å². The van der Waals surface area contributed by atoms with Gasteiger partial charge in [-0.05, 0) is 42.3 Å². The minimum absolute atomic E-state index is 0.0208. The fourth-order valence-corrected chi connectivity index (χ4v) is 4.01. The van der Waals surface area contributed by atoms with E-state index in [9.17, 15) is 4.79 Å². The minimum atomic E-state index is 0.0208. The molecule has 1 fully saturated rings. The Bertz CT molecular complexity index is 850. The first kappa shape index (κ1) is 17.1. The van der Waals surface area contributed by atoms with Gasteiger partial charge in [0.05, 0.1) is 5.57 Å². The first-order valence-electron chi connectivity index (χ1n) is 8.83.